The highest BCUT2D eigenvalue weighted by atomic mass is 16.4. The number of aromatic carboxylic acids is 1. The molecule has 1 heterocycles. The largest absolute Gasteiger partial charge is 0.478 e. The number of aromatic nitrogens is 1. The molecule has 1 aromatic heterocycles. The molecule has 0 fully saturated rings. The standard InChI is InChI=1S/C10H14N2O2/c1-4-7-5-6-11-9(12(2)3)8(7)10(13)14/h5-6H,4H2,1-3H3,(H,13,14). The van der Waals surface area contributed by atoms with E-state index in [9.17, 15) is 4.79 Å². The second-order valence-corrected chi connectivity index (χ2v) is 3.22. The molecular formula is C10H14N2O2. The van der Waals surface area contributed by atoms with E-state index in [1.54, 1.807) is 31.3 Å². The molecule has 0 spiro atoms. The van der Waals surface area contributed by atoms with E-state index in [1.165, 1.54) is 0 Å². The Kier molecular flexibility index (Phi) is 3.06. The topological polar surface area (TPSA) is 53.4 Å². The number of aryl methyl sites for hydroxylation is 1. The molecule has 4 heteroatoms. The van der Waals surface area contributed by atoms with Crippen molar-refractivity contribution in [2.24, 2.45) is 0 Å². The molecule has 1 N–H and O–H groups in total. The number of carboxylic acid groups (broad SMARTS) is 1. The lowest BCUT2D eigenvalue weighted by molar-refractivity contribution is 0.0696. The molecular weight excluding hydrogens is 180 g/mol. The minimum Gasteiger partial charge on any atom is -0.478 e. The molecule has 0 atom stereocenters. The predicted octanol–water partition coefficient (Wildman–Crippen LogP) is 1.41. The van der Waals surface area contributed by atoms with Crippen molar-refractivity contribution in [1.82, 2.24) is 4.98 Å². The second-order valence-electron chi connectivity index (χ2n) is 3.22. The molecule has 0 saturated heterocycles. The highest BCUT2D eigenvalue weighted by Gasteiger charge is 2.16. The van der Waals surface area contributed by atoms with Crippen LogP contribution in [0.4, 0.5) is 5.82 Å². The van der Waals surface area contributed by atoms with Gasteiger partial charge in [0.25, 0.3) is 0 Å². The zero-order chi connectivity index (χ0) is 10.7. The first-order chi connectivity index (χ1) is 6.57. The fraction of sp³-hybridized carbons (Fsp3) is 0.400. The minimum absolute atomic E-state index is 0.306. The number of anilines is 1. The molecule has 0 saturated carbocycles. The van der Waals surface area contributed by atoms with Gasteiger partial charge in [0.05, 0.1) is 0 Å². The summed E-state index contributed by atoms with van der Waals surface area (Å²) in [5.41, 5.74) is 1.12. The van der Waals surface area contributed by atoms with Gasteiger partial charge in [-0.15, -0.1) is 0 Å². The highest BCUT2D eigenvalue weighted by Crippen LogP contribution is 2.19. The quantitative estimate of drug-likeness (QED) is 0.790. The first kappa shape index (κ1) is 10.5. The molecule has 0 amide bonds. The fourth-order valence-corrected chi connectivity index (χ4v) is 1.36. The van der Waals surface area contributed by atoms with Crippen LogP contribution < -0.4 is 4.90 Å². The second kappa shape index (κ2) is 4.09. The lowest BCUT2D eigenvalue weighted by Gasteiger charge is -2.15. The lowest BCUT2D eigenvalue weighted by Crippen LogP contribution is -2.17. The Bertz CT molecular complexity index is 348. The van der Waals surface area contributed by atoms with Gasteiger partial charge in [0.2, 0.25) is 0 Å². The zero-order valence-electron chi connectivity index (χ0n) is 8.61. The summed E-state index contributed by atoms with van der Waals surface area (Å²) in [4.78, 5) is 16.8. The van der Waals surface area contributed by atoms with Crippen molar-refractivity contribution in [3.8, 4) is 0 Å². The van der Waals surface area contributed by atoms with Gasteiger partial charge in [-0.1, -0.05) is 6.92 Å². The van der Waals surface area contributed by atoms with Gasteiger partial charge in [0, 0.05) is 20.3 Å². The van der Waals surface area contributed by atoms with Crippen molar-refractivity contribution in [3.05, 3.63) is 23.4 Å². The normalized spacial score (nSPS) is 9.93. The van der Waals surface area contributed by atoms with Crippen LogP contribution in [0.5, 0.6) is 0 Å². The predicted molar refractivity (Wildman–Crippen MR) is 54.9 cm³/mol. The van der Waals surface area contributed by atoms with Crippen molar-refractivity contribution in [3.63, 3.8) is 0 Å². The number of rotatable bonds is 3. The highest BCUT2D eigenvalue weighted by molar-refractivity contribution is 5.94. The number of carboxylic acids is 1. The Morgan fingerprint density at radius 3 is 2.64 bits per heavy atom. The summed E-state index contributed by atoms with van der Waals surface area (Å²) in [5, 5.41) is 9.06. The summed E-state index contributed by atoms with van der Waals surface area (Å²) >= 11 is 0. The molecule has 0 aliphatic rings. The maximum absolute atomic E-state index is 11.0. The summed E-state index contributed by atoms with van der Waals surface area (Å²) in [6.45, 7) is 1.93. The van der Waals surface area contributed by atoms with Crippen LogP contribution in [0.25, 0.3) is 0 Å². The first-order valence-corrected chi connectivity index (χ1v) is 4.46. The Hall–Kier alpha value is -1.58. The van der Waals surface area contributed by atoms with Gasteiger partial charge >= 0.3 is 5.97 Å². The number of carbonyl (C=O) groups is 1. The summed E-state index contributed by atoms with van der Waals surface area (Å²) in [6.07, 6.45) is 2.34. The average Bonchev–Trinajstić information content (AvgIpc) is 2.16. The van der Waals surface area contributed by atoms with Gasteiger partial charge in [-0.05, 0) is 18.1 Å². The molecule has 0 radical (unpaired) electrons. The summed E-state index contributed by atoms with van der Waals surface area (Å²) in [6, 6.07) is 1.75. The minimum atomic E-state index is -0.918. The van der Waals surface area contributed by atoms with Gasteiger partial charge in [0.1, 0.15) is 11.4 Å². The molecule has 76 valence electrons. The number of nitrogens with zero attached hydrogens (tertiary/aromatic N) is 2. The van der Waals surface area contributed by atoms with Crippen LogP contribution in [0.15, 0.2) is 12.3 Å². The molecule has 0 aromatic carbocycles. The fourth-order valence-electron chi connectivity index (χ4n) is 1.36. The lowest BCUT2D eigenvalue weighted by atomic mass is 10.1. The third-order valence-electron chi connectivity index (χ3n) is 2.04. The van der Waals surface area contributed by atoms with Crippen LogP contribution in [-0.2, 0) is 6.42 Å². The van der Waals surface area contributed by atoms with E-state index in [1.807, 2.05) is 6.92 Å². The van der Waals surface area contributed by atoms with Crippen molar-refractivity contribution in [1.29, 1.82) is 0 Å². The first-order valence-electron chi connectivity index (χ1n) is 4.46. The Morgan fingerprint density at radius 2 is 2.21 bits per heavy atom. The number of hydrogen-bond donors (Lipinski definition) is 1. The van der Waals surface area contributed by atoms with E-state index in [0.29, 0.717) is 17.8 Å². The van der Waals surface area contributed by atoms with Crippen molar-refractivity contribution < 1.29 is 9.90 Å². The van der Waals surface area contributed by atoms with Crippen LogP contribution in [0.3, 0.4) is 0 Å². The van der Waals surface area contributed by atoms with E-state index >= 15 is 0 Å². The molecule has 1 aromatic rings. The maximum Gasteiger partial charge on any atom is 0.339 e. The molecule has 0 bridgehead atoms. The Balaban J connectivity index is 3.35. The molecule has 4 nitrogen and oxygen atoms in total. The molecule has 1 rings (SSSR count). The van der Waals surface area contributed by atoms with Gasteiger partial charge in [-0.2, -0.15) is 0 Å². The molecule has 14 heavy (non-hydrogen) atoms. The Labute approximate surface area is 83.2 Å². The van der Waals surface area contributed by atoms with Gasteiger partial charge in [0.15, 0.2) is 0 Å². The van der Waals surface area contributed by atoms with Gasteiger partial charge < -0.3 is 10.0 Å². The third-order valence-corrected chi connectivity index (χ3v) is 2.04. The van der Waals surface area contributed by atoms with Crippen molar-refractivity contribution in [2.75, 3.05) is 19.0 Å². The summed E-state index contributed by atoms with van der Waals surface area (Å²) < 4.78 is 0. The summed E-state index contributed by atoms with van der Waals surface area (Å²) in [5.74, 6) is -0.407. The number of pyridine rings is 1. The van der Waals surface area contributed by atoms with Crippen LogP contribution in [-0.4, -0.2) is 30.2 Å². The smallest absolute Gasteiger partial charge is 0.339 e. The van der Waals surface area contributed by atoms with E-state index < -0.39 is 5.97 Å². The van der Waals surface area contributed by atoms with Crippen LogP contribution in [0.2, 0.25) is 0 Å². The van der Waals surface area contributed by atoms with Gasteiger partial charge in [-0.3, -0.25) is 0 Å². The third kappa shape index (κ3) is 1.84. The molecule has 0 unspecified atom stereocenters. The molecule has 0 aliphatic heterocycles. The van der Waals surface area contributed by atoms with Gasteiger partial charge in [-0.25, -0.2) is 9.78 Å². The van der Waals surface area contributed by atoms with E-state index in [4.69, 9.17) is 5.11 Å². The van der Waals surface area contributed by atoms with Crippen LogP contribution >= 0.6 is 0 Å². The van der Waals surface area contributed by atoms with Crippen LogP contribution in [0.1, 0.15) is 22.8 Å². The van der Waals surface area contributed by atoms with E-state index in [-0.39, 0.29) is 0 Å². The van der Waals surface area contributed by atoms with E-state index in [0.717, 1.165) is 5.56 Å². The summed E-state index contributed by atoms with van der Waals surface area (Å²) in [7, 11) is 3.57. The SMILES string of the molecule is CCc1ccnc(N(C)C)c1C(=O)O. The van der Waals surface area contributed by atoms with E-state index in [2.05, 4.69) is 4.98 Å². The monoisotopic (exact) mass is 194 g/mol. The Morgan fingerprint density at radius 1 is 1.57 bits per heavy atom. The average molecular weight is 194 g/mol. The maximum atomic E-state index is 11.0. The zero-order valence-corrected chi connectivity index (χ0v) is 8.61. The molecule has 0 aliphatic carbocycles. The number of hydrogen-bond acceptors (Lipinski definition) is 3. The van der Waals surface area contributed by atoms with Crippen molar-refractivity contribution >= 4 is 11.8 Å². The van der Waals surface area contributed by atoms with Crippen LogP contribution in [0, 0.1) is 0 Å². The van der Waals surface area contributed by atoms with Crippen molar-refractivity contribution in [2.45, 2.75) is 13.3 Å².